The van der Waals surface area contributed by atoms with Crippen molar-refractivity contribution in [2.75, 3.05) is 25.5 Å². The summed E-state index contributed by atoms with van der Waals surface area (Å²) in [6.07, 6.45) is 3.75. The van der Waals surface area contributed by atoms with Crippen LogP contribution in [0.4, 0.5) is 11.4 Å². The highest BCUT2D eigenvalue weighted by Gasteiger charge is 2.30. The number of hydrogen-bond acceptors (Lipinski definition) is 2. The molecule has 1 aliphatic heterocycles. The molecule has 1 heterocycles. The highest BCUT2D eigenvalue weighted by Crippen LogP contribution is 2.38. The van der Waals surface area contributed by atoms with Crippen molar-refractivity contribution < 1.29 is 0 Å². The molecule has 4 rings (SSSR count). The van der Waals surface area contributed by atoms with Crippen molar-refractivity contribution in [3.63, 3.8) is 0 Å². The first-order valence-electron chi connectivity index (χ1n) is 9.09. The Kier molecular flexibility index (Phi) is 5.42. The number of hydrogen-bond donors (Lipinski definition) is 1. The fourth-order valence-corrected chi connectivity index (χ4v) is 4.15. The van der Waals surface area contributed by atoms with Crippen molar-refractivity contribution in [1.29, 1.82) is 0 Å². The number of halogens is 1. The number of rotatable bonds is 2. The van der Waals surface area contributed by atoms with E-state index in [4.69, 9.17) is 5.73 Å². The molecule has 5 heteroatoms. The Balaban J connectivity index is 0.00000196. The number of aryl methyl sites for hydroxylation is 1. The Morgan fingerprint density at radius 3 is 2.58 bits per heavy atom. The maximum Gasteiger partial charge on any atom is 0.196 e. The van der Waals surface area contributed by atoms with Gasteiger partial charge in [-0.2, -0.15) is 0 Å². The molecule has 1 aliphatic carbocycles. The van der Waals surface area contributed by atoms with Crippen LogP contribution in [0.2, 0.25) is 0 Å². The second kappa shape index (κ2) is 7.58. The summed E-state index contributed by atoms with van der Waals surface area (Å²) in [6, 6.07) is 14.9. The highest BCUT2D eigenvalue weighted by molar-refractivity contribution is 5.85. The largest absolute Gasteiger partial charge is 0.378 e. The van der Waals surface area contributed by atoms with Gasteiger partial charge in [-0.15, -0.1) is 12.4 Å². The summed E-state index contributed by atoms with van der Waals surface area (Å²) in [5, 5.41) is 0. The maximum atomic E-state index is 6.37. The Labute approximate surface area is 162 Å². The molecule has 0 amide bonds. The number of nitrogens with zero attached hydrogens (tertiary/aromatic N) is 3. The van der Waals surface area contributed by atoms with E-state index in [1.807, 2.05) is 26.2 Å². The molecule has 0 saturated heterocycles. The lowest BCUT2D eigenvalue weighted by atomic mass is 9.78. The van der Waals surface area contributed by atoms with E-state index in [1.54, 1.807) is 11.1 Å². The monoisotopic (exact) mass is 370 g/mol. The van der Waals surface area contributed by atoms with Crippen molar-refractivity contribution in [3.8, 4) is 0 Å². The van der Waals surface area contributed by atoms with Gasteiger partial charge in [-0.1, -0.05) is 18.2 Å². The van der Waals surface area contributed by atoms with Gasteiger partial charge in [0.2, 0.25) is 0 Å². The molecular weight excluding hydrogens is 344 g/mol. The van der Waals surface area contributed by atoms with Crippen LogP contribution in [0.1, 0.15) is 35.4 Å². The molecule has 2 N–H and O–H groups in total. The zero-order chi connectivity index (χ0) is 17.4. The van der Waals surface area contributed by atoms with E-state index < -0.39 is 0 Å². The summed E-state index contributed by atoms with van der Waals surface area (Å²) in [5.74, 6) is 1.22. The molecule has 138 valence electrons. The van der Waals surface area contributed by atoms with Crippen molar-refractivity contribution in [1.82, 2.24) is 4.90 Å². The molecule has 2 aromatic carbocycles. The van der Waals surface area contributed by atoms with E-state index >= 15 is 0 Å². The quantitative estimate of drug-likeness (QED) is 0.640. The Hall–Kier alpha value is -2.20. The van der Waals surface area contributed by atoms with E-state index in [1.165, 1.54) is 30.5 Å². The van der Waals surface area contributed by atoms with Gasteiger partial charge in [0.05, 0.1) is 5.69 Å². The molecule has 0 spiro atoms. The summed E-state index contributed by atoms with van der Waals surface area (Å²) >= 11 is 0. The van der Waals surface area contributed by atoms with Gasteiger partial charge in [0.15, 0.2) is 5.96 Å². The van der Waals surface area contributed by atoms with Gasteiger partial charge in [-0.3, -0.25) is 0 Å². The summed E-state index contributed by atoms with van der Waals surface area (Å²) in [5.41, 5.74) is 13.0. The molecule has 0 saturated carbocycles. The van der Waals surface area contributed by atoms with Crippen LogP contribution in [0, 0.1) is 0 Å². The van der Waals surface area contributed by atoms with Crippen LogP contribution in [0.5, 0.6) is 0 Å². The first kappa shape index (κ1) is 18.6. The SMILES string of the molecule is CN(C)c1ccc(N=C(N)N2Cc3cccc4c3C(CCC4)C2)cc1.Cl. The third kappa shape index (κ3) is 3.51. The predicted octanol–water partition coefficient (Wildman–Crippen LogP) is 4.06. The van der Waals surface area contributed by atoms with Crippen molar-refractivity contribution in [3.05, 3.63) is 59.2 Å². The van der Waals surface area contributed by atoms with Crippen LogP contribution < -0.4 is 10.6 Å². The van der Waals surface area contributed by atoms with Crippen LogP contribution in [0.3, 0.4) is 0 Å². The highest BCUT2D eigenvalue weighted by atomic mass is 35.5. The molecule has 0 fully saturated rings. The average molecular weight is 371 g/mol. The van der Waals surface area contributed by atoms with Crippen LogP contribution >= 0.6 is 12.4 Å². The summed E-state index contributed by atoms with van der Waals surface area (Å²) < 4.78 is 0. The minimum atomic E-state index is 0. The molecule has 1 atom stereocenters. The molecule has 4 nitrogen and oxygen atoms in total. The molecule has 2 aromatic rings. The van der Waals surface area contributed by atoms with E-state index in [-0.39, 0.29) is 12.4 Å². The zero-order valence-corrected chi connectivity index (χ0v) is 16.3. The van der Waals surface area contributed by atoms with E-state index in [0.717, 1.165) is 18.8 Å². The lowest BCUT2D eigenvalue weighted by Crippen LogP contribution is -2.43. The molecule has 0 radical (unpaired) electrons. The number of anilines is 1. The molecule has 1 unspecified atom stereocenters. The molecule has 2 aliphatic rings. The van der Waals surface area contributed by atoms with Gasteiger partial charge in [0, 0.05) is 38.8 Å². The van der Waals surface area contributed by atoms with Crippen LogP contribution in [0.25, 0.3) is 0 Å². The Morgan fingerprint density at radius 2 is 1.85 bits per heavy atom. The van der Waals surface area contributed by atoms with Gasteiger partial charge in [-0.25, -0.2) is 4.99 Å². The zero-order valence-electron chi connectivity index (χ0n) is 15.5. The summed E-state index contributed by atoms with van der Waals surface area (Å²) in [6.45, 7) is 1.85. The normalized spacial score (nSPS) is 18.8. The van der Waals surface area contributed by atoms with Crippen LogP contribution in [0.15, 0.2) is 47.5 Å². The third-order valence-corrected chi connectivity index (χ3v) is 5.43. The first-order chi connectivity index (χ1) is 12.1. The van der Waals surface area contributed by atoms with Crippen LogP contribution in [-0.2, 0) is 13.0 Å². The number of aliphatic imine (C=N–C) groups is 1. The minimum Gasteiger partial charge on any atom is -0.378 e. The Bertz CT molecular complexity index is 798. The third-order valence-electron chi connectivity index (χ3n) is 5.43. The van der Waals surface area contributed by atoms with Crippen LogP contribution in [-0.4, -0.2) is 31.5 Å². The second-order valence-corrected chi connectivity index (χ2v) is 7.34. The minimum absolute atomic E-state index is 0. The fourth-order valence-electron chi connectivity index (χ4n) is 4.15. The molecule has 0 aromatic heterocycles. The summed E-state index contributed by atoms with van der Waals surface area (Å²) in [4.78, 5) is 8.99. The molecule has 26 heavy (non-hydrogen) atoms. The number of guanidine groups is 1. The fraction of sp³-hybridized carbons (Fsp3) is 0.381. The maximum absolute atomic E-state index is 6.37. The standard InChI is InChI=1S/C21H26N4.ClH/c1-24(2)19-11-9-18(10-12-19)23-21(22)25-13-16-7-3-5-15-6-4-8-17(14-25)20(15)16;/h3,5,7,9-12,17H,4,6,8,13-14H2,1-2H3,(H2,22,23);1H. The van der Waals surface area contributed by atoms with Gasteiger partial charge < -0.3 is 15.5 Å². The predicted molar refractivity (Wildman–Crippen MR) is 112 cm³/mol. The van der Waals surface area contributed by atoms with Crippen molar-refractivity contribution in [2.24, 2.45) is 10.7 Å². The smallest absolute Gasteiger partial charge is 0.196 e. The van der Waals surface area contributed by atoms with E-state index in [2.05, 4.69) is 45.1 Å². The van der Waals surface area contributed by atoms with Gasteiger partial charge >= 0.3 is 0 Å². The van der Waals surface area contributed by atoms with Crippen molar-refractivity contribution >= 4 is 29.7 Å². The van der Waals surface area contributed by atoms with Gasteiger partial charge in [-0.05, 0) is 60.2 Å². The van der Waals surface area contributed by atoms with Crippen molar-refractivity contribution in [2.45, 2.75) is 31.7 Å². The Morgan fingerprint density at radius 1 is 1.12 bits per heavy atom. The molecular formula is C21H27ClN4. The molecule has 0 bridgehead atoms. The summed E-state index contributed by atoms with van der Waals surface area (Å²) in [7, 11) is 4.08. The average Bonchev–Trinajstić information content (AvgIpc) is 2.62. The van der Waals surface area contributed by atoms with E-state index in [9.17, 15) is 0 Å². The number of benzene rings is 2. The topological polar surface area (TPSA) is 44.9 Å². The lowest BCUT2D eigenvalue weighted by Gasteiger charge is -2.38. The number of nitrogens with two attached hydrogens (primary N) is 1. The van der Waals surface area contributed by atoms with Gasteiger partial charge in [0.25, 0.3) is 0 Å². The first-order valence-corrected chi connectivity index (χ1v) is 9.09. The van der Waals surface area contributed by atoms with Gasteiger partial charge in [0.1, 0.15) is 0 Å². The lowest BCUT2D eigenvalue weighted by molar-refractivity contribution is 0.326. The second-order valence-electron chi connectivity index (χ2n) is 7.34. The van der Waals surface area contributed by atoms with E-state index in [0.29, 0.717) is 11.9 Å².